The third kappa shape index (κ3) is 4.70. The molecule has 1 amide bonds. The summed E-state index contributed by atoms with van der Waals surface area (Å²) in [6, 6.07) is 8.32. The normalized spacial score (nSPS) is 13.0. The van der Waals surface area contributed by atoms with E-state index < -0.39 is 22.5 Å². The number of carbonyl (C=O) groups excluding carboxylic acids is 2. The minimum Gasteiger partial charge on any atom is -0.465 e. The first-order valence-electron chi connectivity index (χ1n) is 10.3. The molecule has 1 aromatic heterocycles. The molecule has 0 spiro atoms. The van der Waals surface area contributed by atoms with Gasteiger partial charge in [-0.3, -0.25) is 14.9 Å². The predicted octanol–water partition coefficient (Wildman–Crippen LogP) is 4.27. The molecule has 170 valence electrons. The van der Waals surface area contributed by atoms with E-state index in [1.165, 1.54) is 6.07 Å². The van der Waals surface area contributed by atoms with Crippen molar-refractivity contribution >= 4 is 34.9 Å². The van der Waals surface area contributed by atoms with Crippen LogP contribution in [0.2, 0.25) is 5.02 Å². The van der Waals surface area contributed by atoms with Gasteiger partial charge >= 0.3 is 5.97 Å². The lowest BCUT2D eigenvalue weighted by molar-refractivity contribution is -0.384. The fourth-order valence-electron chi connectivity index (χ4n) is 3.75. The molecule has 0 bridgehead atoms. The molecular formula is C22H20ClN5O5. The number of halogens is 1. The van der Waals surface area contributed by atoms with Gasteiger partial charge in [0.1, 0.15) is 5.82 Å². The highest BCUT2D eigenvalue weighted by molar-refractivity contribution is 6.33. The number of hydrogen-bond acceptors (Lipinski definition) is 7. The number of nitrogens with zero attached hydrogens (tertiary/aromatic N) is 4. The maximum Gasteiger partial charge on any atom is 0.338 e. The van der Waals surface area contributed by atoms with Crippen molar-refractivity contribution in [3.8, 4) is 11.4 Å². The highest BCUT2D eigenvalue weighted by atomic mass is 35.5. The van der Waals surface area contributed by atoms with E-state index in [1.807, 2.05) is 4.57 Å². The lowest BCUT2D eigenvalue weighted by Crippen LogP contribution is -2.14. The van der Waals surface area contributed by atoms with Crippen LogP contribution in [-0.2, 0) is 17.7 Å². The van der Waals surface area contributed by atoms with E-state index in [2.05, 4.69) is 20.3 Å². The fraction of sp³-hybridized carbons (Fsp3) is 0.273. The van der Waals surface area contributed by atoms with E-state index in [-0.39, 0.29) is 11.1 Å². The summed E-state index contributed by atoms with van der Waals surface area (Å²) in [5.74, 6) is 0.113. The Morgan fingerprint density at radius 1 is 1.12 bits per heavy atom. The van der Waals surface area contributed by atoms with E-state index in [9.17, 15) is 19.7 Å². The molecule has 10 nitrogen and oxygen atoms in total. The molecule has 0 saturated heterocycles. The van der Waals surface area contributed by atoms with Crippen LogP contribution in [0.15, 0.2) is 36.4 Å². The molecule has 33 heavy (non-hydrogen) atoms. The van der Waals surface area contributed by atoms with Crippen LogP contribution >= 0.6 is 11.6 Å². The van der Waals surface area contributed by atoms with E-state index in [0.29, 0.717) is 22.1 Å². The van der Waals surface area contributed by atoms with Gasteiger partial charge in [0.15, 0.2) is 5.82 Å². The number of amides is 1. The average molecular weight is 470 g/mol. The SMILES string of the molecule is COC(=O)c1cc(C(=O)Nc2ccc(Cl)c(-c3nnc4n3CCCCC4)c2)cc([N+](=O)[O-])c1. The van der Waals surface area contributed by atoms with E-state index in [4.69, 9.17) is 11.6 Å². The number of nitro benzene ring substituents is 1. The number of ether oxygens (including phenoxy) is 1. The second kappa shape index (κ2) is 9.37. The van der Waals surface area contributed by atoms with Gasteiger partial charge in [0.2, 0.25) is 0 Å². The van der Waals surface area contributed by atoms with Gasteiger partial charge in [-0.05, 0) is 37.1 Å². The summed E-state index contributed by atoms with van der Waals surface area (Å²) in [4.78, 5) is 35.3. The number of benzene rings is 2. The maximum atomic E-state index is 12.9. The Balaban J connectivity index is 1.65. The Morgan fingerprint density at radius 2 is 1.91 bits per heavy atom. The molecule has 0 atom stereocenters. The zero-order valence-electron chi connectivity index (χ0n) is 17.7. The number of esters is 1. The molecular weight excluding hydrogens is 450 g/mol. The second-order valence-corrected chi connectivity index (χ2v) is 7.98. The summed E-state index contributed by atoms with van der Waals surface area (Å²) >= 11 is 6.43. The van der Waals surface area contributed by atoms with Crippen LogP contribution in [0, 0.1) is 10.1 Å². The van der Waals surface area contributed by atoms with Gasteiger partial charge in [-0.2, -0.15) is 0 Å². The van der Waals surface area contributed by atoms with Gasteiger partial charge in [-0.1, -0.05) is 18.0 Å². The number of aryl methyl sites for hydroxylation is 1. The fourth-order valence-corrected chi connectivity index (χ4v) is 3.95. The summed E-state index contributed by atoms with van der Waals surface area (Å²) < 4.78 is 6.67. The largest absolute Gasteiger partial charge is 0.465 e. The van der Waals surface area contributed by atoms with Gasteiger partial charge in [-0.15, -0.1) is 10.2 Å². The van der Waals surface area contributed by atoms with Crippen molar-refractivity contribution < 1.29 is 19.2 Å². The molecule has 1 aliphatic heterocycles. The Labute approximate surface area is 193 Å². The number of non-ortho nitro benzene ring substituents is 1. The smallest absolute Gasteiger partial charge is 0.338 e. The van der Waals surface area contributed by atoms with E-state index in [1.54, 1.807) is 18.2 Å². The van der Waals surface area contributed by atoms with E-state index >= 15 is 0 Å². The lowest BCUT2D eigenvalue weighted by Gasteiger charge is -2.11. The van der Waals surface area contributed by atoms with E-state index in [0.717, 1.165) is 57.3 Å². The third-order valence-electron chi connectivity index (χ3n) is 5.39. The highest BCUT2D eigenvalue weighted by Crippen LogP contribution is 2.31. The first kappa shape index (κ1) is 22.4. The van der Waals surface area contributed by atoms with Gasteiger partial charge in [0.25, 0.3) is 11.6 Å². The first-order chi connectivity index (χ1) is 15.9. The van der Waals surface area contributed by atoms with Crippen LogP contribution in [0.1, 0.15) is 45.8 Å². The minimum absolute atomic E-state index is 0.0579. The zero-order chi connectivity index (χ0) is 23.5. The number of nitrogens with one attached hydrogen (secondary N) is 1. The number of methoxy groups -OCH3 is 1. The summed E-state index contributed by atoms with van der Waals surface area (Å²) in [5, 5.41) is 23.0. The topological polar surface area (TPSA) is 129 Å². The van der Waals surface area contributed by atoms with Crippen LogP contribution in [0.5, 0.6) is 0 Å². The molecule has 1 aliphatic rings. The van der Waals surface area contributed by atoms with Crippen LogP contribution in [0.4, 0.5) is 11.4 Å². The van der Waals surface area contributed by atoms with Gasteiger partial charge in [0.05, 0.1) is 22.6 Å². The van der Waals surface area contributed by atoms with Crippen molar-refractivity contribution in [2.24, 2.45) is 0 Å². The van der Waals surface area contributed by atoms with Crippen LogP contribution < -0.4 is 5.32 Å². The van der Waals surface area contributed by atoms with Crippen molar-refractivity contribution in [2.75, 3.05) is 12.4 Å². The number of rotatable bonds is 5. The van der Waals surface area contributed by atoms with Crippen molar-refractivity contribution in [1.82, 2.24) is 14.8 Å². The maximum absolute atomic E-state index is 12.9. The molecule has 2 aromatic carbocycles. The third-order valence-corrected chi connectivity index (χ3v) is 5.72. The molecule has 0 unspecified atom stereocenters. The number of fused-ring (bicyclic) bond motifs is 1. The molecule has 0 radical (unpaired) electrons. The molecule has 0 saturated carbocycles. The molecule has 2 heterocycles. The summed E-state index contributed by atoms with van der Waals surface area (Å²) in [6.07, 6.45) is 4.03. The Bertz CT molecular complexity index is 1260. The summed E-state index contributed by atoms with van der Waals surface area (Å²) in [5.41, 5.74) is 0.476. The number of hydrogen-bond donors (Lipinski definition) is 1. The Kier molecular flexibility index (Phi) is 6.36. The number of aromatic nitrogens is 3. The van der Waals surface area contributed by atoms with Crippen molar-refractivity contribution in [2.45, 2.75) is 32.2 Å². The van der Waals surface area contributed by atoms with Gasteiger partial charge < -0.3 is 14.6 Å². The lowest BCUT2D eigenvalue weighted by atomic mass is 10.1. The second-order valence-electron chi connectivity index (χ2n) is 7.57. The Hall–Kier alpha value is -3.79. The summed E-state index contributed by atoms with van der Waals surface area (Å²) in [6.45, 7) is 0.786. The van der Waals surface area contributed by atoms with Crippen molar-refractivity contribution in [3.05, 3.63) is 68.5 Å². The highest BCUT2D eigenvalue weighted by Gasteiger charge is 2.21. The summed E-state index contributed by atoms with van der Waals surface area (Å²) in [7, 11) is 1.15. The molecule has 3 aromatic rings. The molecule has 11 heteroatoms. The molecule has 0 fully saturated rings. The molecule has 0 aliphatic carbocycles. The predicted molar refractivity (Wildman–Crippen MR) is 120 cm³/mol. The van der Waals surface area contributed by atoms with Crippen molar-refractivity contribution in [3.63, 3.8) is 0 Å². The average Bonchev–Trinajstić information content (AvgIpc) is 3.06. The van der Waals surface area contributed by atoms with Crippen molar-refractivity contribution in [1.29, 1.82) is 0 Å². The number of carbonyl (C=O) groups is 2. The first-order valence-corrected chi connectivity index (χ1v) is 10.7. The molecule has 4 rings (SSSR count). The zero-order valence-corrected chi connectivity index (χ0v) is 18.5. The van der Waals surface area contributed by atoms with Crippen LogP contribution in [-0.4, -0.2) is 38.7 Å². The number of anilines is 1. The minimum atomic E-state index is -0.783. The number of nitro groups is 1. The van der Waals surface area contributed by atoms with Crippen LogP contribution in [0.3, 0.4) is 0 Å². The molecule has 1 N–H and O–H groups in total. The standard InChI is InChI=1S/C22H20ClN5O5/c1-33-22(30)14-9-13(10-16(11-14)28(31)32)21(29)24-15-6-7-18(23)17(12-15)20-26-25-19-5-3-2-4-8-27(19)20/h6-7,9-12H,2-5,8H2,1H3,(H,24,29). The Morgan fingerprint density at radius 3 is 2.67 bits per heavy atom. The quantitative estimate of drug-likeness (QED) is 0.335. The monoisotopic (exact) mass is 469 g/mol. The van der Waals surface area contributed by atoms with Gasteiger partial charge in [0, 0.05) is 41.9 Å². The van der Waals surface area contributed by atoms with Gasteiger partial charge in [-0.25, -0.2) is 4.79 Å². The van der Waals surface area contributed by atoms with Crippen LogP contribution in [0.25, 0.3) is 11.4 Å².